The molecule has 0 fully saturated rings. The third-order valence-corrected chi connectivity index (χ3v) is 7.53. The van der Waals surface area contributed by atoms with Crippen molar-refractivity contribution in [3.8, 4) is 46.0 Å². The van der Waals surface area contributed by atoms with Crippen LogP contribution in [-0.4, -0.2) is 66.4 Å². The van der Waals surface area contributed by atoms with Crippen LogP contribution < -0.4 is 37.9 Å². The van der Waals surface area contributed by atoms with Gasteiger partial charge in [0.05, 0.1) is 42.7 Å². The van der Waals surface area contributed by atoms with Crippen LogP contribution in [0, 0.1) is 0 Å². The van der Waals surface area contributed by atoms with Gasteiger partial charge in [-0.25, -0.2) is 0 Å². The second kappa shape index (κ2) is 16.3. The molecule has 4 rings (SSSR count). The van der Waals surface area contributed by atoms with Crippen LogP contribution in [0.5, 0.6) is 46.0 Å². The van der Waals surface area contributed by atoms with Crippen molar-refractivity contribution in [2.75, 3.05) is 42.7 Å². The van der Waals surface area contributed by atoms with Gasteiger partial charge in [0.2, 0.25) is 11.6 Å². The first kappa shape index (κ1) is 35.2. The van der Waals surface area contributed by atoms with E-state index in [-0.39, 0.29) is 11.6 Å². The fourth-order valence-electron chi connectivity index (χ4n) is 4.90. The van der Waals surface area contributed by atoms with E-state index in [0.29, 0.717) is 57.1 Å². The van der Waals surface area contributed by atoms with Crippen LogP contribution >= 0.6 is 0 Å². The van der Waals surface area contributed by atoms with Crippen LogP contribution in [0.25, 0.3) is 12.2 Å². The Bertz CT molecular complexity index is 1650. The quantitative estimate of drug-likeness (QED) is 0.0907. The van der Waals surface area contributed by atoms with Crippen molar-refractivity contribution in [2.45, 2.75) is 26.1 Å². The number of rotatable bonds is 16. The number of methoxy groups -OCH3 is 6. The maximum absolute atomic E-state index is 13.1. The zero-order valence-electron chi connectivity index (χ0n) is 28.3. The minimum Gasteiger partial charge on any atom is -0.493 e. The van der Waals surface area contributed by atoms with Crippen molar-refractivity contribution in [1.82, 2.24) is 0 Å². The molecule has 0 bridgehead atoms. The third kappa shape index (κ3) is 8.19. The lowest BCUT2D eigenvalue weighted by atomic mass is 10.1. The molecule has 0 N–H and O–H groups in total. The lowest BCUT2D eigenvalue weighted by Gasteiger charge is -2.17. The maximum atomic E-state index is 13.1. The van der Waals surface area contributed by atoms with Gasteiger partial charge in [0.25, 0.3) is 0 Å². The highest BCUT2D eigenvalue weighted by molar-refractivity contribution is 6.00. The number of carbonyl (C=O) groups is 2. The Hall–Kier alpha value is -5.64. The van der Waals surface area contributed by atoms with Gasteiger partial charge in [-0.05, 0) is 85.6 Å². The van der Waals surface area contributed by atoms with Crippen LogP contribution in [0.15, 0.2) is 72.8 Å². The smallest absolute Gasteiger partial charge is 0.203 e. The van der Waals surface area contributed by atoms with E-state index in [9.17, 15) is 9.59 Å². The molecule has 0 aromatic heterocycles. The Morgan fingerprint density at radius 2 is 0.750 bits per heavy atom. The van der Waals surface area contributed by atoms with Crippen molar-refractivity contribution in [1.29, 1.82) is 0 Å². The second-order valence-electron chi connectivity index (χ2n) is 10.5. The molecule has 0 aliphatic carbocycles. The van der Waals surface area contributed by atoms with E-state index in [1.807, 2.05) is 36.4 Å². The molecule has 0 heterocycles. The molecular weight excluding hydrogens is 616 g/mol. The molecule has 48 heavy (non-hydrogen) atoms. The molecule has 0 radical (unpaired) electrons. The number of hydrogen-bond donors (Lipinski definition) is 0. The Morgan fingerprint density at radius 1 is 0.438 bits per heavy atom. The van der Waals surface area contributed by atoms with E-state index in [1.165, 1.54) is 42.7 Å². The summed E-state index contributed by atoms with van der Waals surface area (Å²) in [6.45, 7) is 3.36. The second-order valence-corrected chi connectivity index (χ2v) is 10.5. The van der Waals surface area contributed by atoms with E-state index < -0.39 is 12.2 Å². The predicted octanol–water partition coefficient (Wildman–Crippen LogP) is 7.21. The van der Waals surface area contributed by atoms with Gasteiger partial charge in [0, 0.05) is 11.1 Å². The molecule has 0 spiro atoms. The van der Waals surface area contributed by atoms with Gasteiger partial charge in [0.15, 0.2) is 58.2 Å². The Balaban J connectivity index is 1.44. The SMILES string of the molecule is COc1ccc(C(=O)[C@H](C)Oc2ccc(/C=C/c3ccc(O[C@H](C)C(=O)c4ccc(OC)c(OC)c4)c(OC)c3)cc2OC)cc1OC. The summed E-state index contributed by atoms with van der Waals surface area (Å²) >= 11 is 0. The standard InChI is InChI=1S/C38H40O10/c1-23(37(39)27-13-17-29(41-3)35(21-27)45-7)47-31-15-11-25(19-33(31)43-5)9-10-26-12-16-32(34(20-26)44-6)48-24(2)38(40)28-14-18-30(42-4)36(22-28)46-8/h9-24H,1-8H3/b10-9+/t23-,24+. The van der Waals surface area contributed by atoms with Crippen molar-refractivity contribution >= 4 is 23.7 Å². The Labute approximate surface area is 280 Å². The number of ketones is 2. The molecule has 10 heteroatoms. The summed E-state index contributed by atoms with van der Waals surface area (Å²) in [5, 5.41) is 0. The summed E-state index contributed by atoms with van der Waals surface area (Å²) in [4.78, 5) is 26.2. The molecule has 2 atom stereocenters. The summed E-state index contributed by atoms with van der Waals surface area (Å²) in [5.74, 6) is 3.34. The highest BCUT2D eigenvalue weighted by atomic mass is 16.5. The average Bonchev–Trinajstić information content (AvgIpc) is 3.13. The molecule has 0 saturated heterocycles. The van der Waals surface area contributed by atoms with Gasteiger partial charge < -0.3 is 37.9 Å². The molecular formula is C38H40O10. The molecule has 10 nitrogen and oxygen atoms in total. The number of hydrogen-bond acceptors (Lipinski definition) is 10. The van der Waals surface area contributed by atoms with E-state index >= 15 is 0 Å². The minimum atomic E-state index is -0.788. The molecule has 0 unspecified atom stereocenters. The van der Waals surface area contributed by atoms with E-state index in [2.05, 4.69) is 0 Å². The lowest BCUT2D eigenvalue weighted by Crippen LogP contribution is -2.24. The van der Waals surface area contributed by atoms with Crippen molar-refractivity contribution in [3.63, 3.8) is 0 Å². The monoisotopic (exact) mass is 656 g/mol. The molecule has 0 aliphatic rings. The normalized spacial score (nSPS) is 12.1. The van der Waals surface area contributed by atoms with Gasteiger partial charge in [-0.2, -0.15) is 0 Å². The summed E-state index contributed by atoms with van der Waals surface area (Å²) < 4.78 is 44.3. The number of benzene rings is 4. The average molecular weight is 657 g/mol. The maximum Gasteiger partial charge on any atom is 0.203 e. The van der Waals surface area contributed by atoms with Crippen molar-refractivity contribution in [3.05, 3.63) is 95.1 Å². The topological polar surface area (TPSA) is 108 Å². The van der Waals surface area contributed by atoms with Crippen LogP contribution in [0.2, 0.25) is 0 Å². The van der Waals surface area contributed by atoms with Crippen LogP contribution in [0.1, 0.15) is 45.7 Å². The van der Waals surface area contributed by atoms with E-state index in [4.69, 9.17) is 37.9 Å². The largest absolute Gasteiger partial charge is 0.493 e. The molecule has 4 aromatic rings. The zero-order chi connectivity index (χ0) is 34.8. The fourth-order valence-corrected chi connectivity index (χ4v) is 4.90. The zero-order valence-corrected chi connectivity index (χ0v) is 28.3. The summed E-state index contributed by atoms with van der Waals surface area (Å²) in [5.41, 5.74) is 2.55. The van der Waals surface area contributed by atoms with E-state index in [1.54, 1.807) is 62.4 Å². The summed E-state index contributed by atoms with van der Waals surface area (Å²) in [6, 6.07) is 20.8. The van der Waals surface area contributed by atoms with Gasteiger partial charge in [-0.15, -0.1) is 0 Å². The molecule has 252 valence electrons. The van der Waals surface area contributed by atoms with Gasteiger partial charge >= 0.3 is 0 Å². The number of carbonyl (C=O) groups excluding carboxylic acids is 2. The number of Topliss-reactive ketones (excluding diaryl/α,β-unsaturated/α-hetero) is 2. The van der Waals surface area contributed by atoms with Gasteiger partial charge in [-0.1, -0.05) is 24.3 Å². The van der Waals surface area contributed by atoms with Gasteiger partial charge in [0.1, 0.15) is 0 Å². The van der Waals surface area contributed by atoms with Gasteiger partial charge in [-0.3, -0.25) is 9.59 Å². The first-order valence-corrected chi connectivity index (χ1v) is 15.1. The van der Waals surface area contributed by atoms with Crippen molar-refractivity contribution < 1.29 is 47.5 Å². The third-order valence-electron chi connectivity index (χ3n) is 7.53. The minimum absolute atomic E-state index is 0.219. The highest BCUT2D eigenvalue weighted by Crippen LogP contribution is 2.34. The van der Waals surface area contributed by atoms with Crippen LogP contribution in [-0.2, 0) is 0 Å². The van der Waals surface area contributed by atoms with Crippen LogP contribution in [0.3, 0.4) is 0 Å². The molecule has 4 aromatic carbocycles. The van der Waals surface area contributed by atoms with Crippen molar-refractivity contribution in [2.24, 2.45) is 0 Å². The predicted molar refractivity (Wildman–Crippen MR) is 183 cm³/mol. The fraction of sp³-hybridized carbons (Fsp3) is 0.263. The number of ether oxygens (including phenoxy) is 8. The highest BCUT2D eigenvalue weighted by Gasteiger charge is 2.22. The van der Waals surface area contributed by atoms with Crippen LogP contribution in [0.4, 0.5) is 0 Å². The molecule has 0 aliphatic heterocycles. The molecule has 0 saturated carbocycles. The first-order chi connectivity index (χ1) is 23.1. The molecule has 0 amide bonds. The Kier molecular flexibility index (Phi) is 11.9. The lowest BCUT2D eigenvalue weighted by molar-refractivity contribution is 0.0808. The summed E-state index contributed by atoms with van der Waals surface area (Å²) in [6.07, 6.45) is 2.23. The van der Waals surface area contributed by atoms with E-state index in [0.717, 1.165) is 11.1 Å². The Morgan fingerprint density at radius 3 is 1.08 bits per heavy atom. The summed E-state index contributed by atoms with van der Waals surface area (Å²) in [7, 11) is 9.18. The first-order valence-electron chi connectivity index (χ1n) is 15.1.